The molecule has 0 atom stereocenters. The molecule has 0 heterocycles. The smallest absolute Gasteiger partial charge is 0.218 e. The van der Waals surface area contributed by atoms with Gasteiger partial charge in [-0.3, -0.25) is 9.98 Å². The third-order valence-electron chi connectivity index (χ3n) is 5.87. The van der Waals surface area contributed by atoms with Crippen LogP contribution in [0.2, 0.25) is 0 Å². The molecule has 0 aliphatic carbocycles. The SMILES string of the molecule is CCCCSc1ccc(NC(N)=NC(N)=NCCCCCCN=C(N)N=C(N)Nc2ccc(SCCCC)cc2)cc1. The summed E-state index contributed by atoms with van der Waals surface area (Å²) in [7, 11) is 0. The highest BCUT2D eigenvalue weighted by molar-refractivity contribution is 7.99. The Morgan fingerprint density at radius 2 is 0.952 bits per heavy atom. The first-order chi connectivity index (χ1) is 20.4. The van der Waals surface area contributed by atoms with Crippen molar-refractivity contribution in [1.82, 2.24) is 0 Å². The fourth-order valence-electron chi connectivity index (χ4n) is 3.57. The van der Waals surface area contributed by atoms with Crippen molar-refractivity contribution in [3.63, 3.8) is 0 Å². The molecule has 0 saturated heterocycles. The van der Waals surface area contributed by atoms with Crippen LogP contribution in [0.1, 0.15) is 65.2 Å². The van der Waals surface area contributed by atoms with Crippen LogP contribution in [0, 0.1) is 0 Å². The van der Waals surface area contributed by atoms with Crippen molar-refractivity contribution in [2.75, 3.05) is 35.2 Å². The third-order valence-corrected chi connectivity index (χ3v) is 8.07. The number of benzene rings is 2. The quantitative estimate of drug-likeness (QED) is 0.0560. The Labute approximate surface area is 259 Å². The van der Waals surface area contributed by atoms with Crippen LogP contribution in [0.5, 0.6) is 0 Å². The molecule has 2 aromatic carbocycles. The zero-order valence-electron chi connectivity index (χ0n) is 25.0. The van der Waals surface area contributed by atoms with Gasteiger partial charge in [0.15, 0.2) is 0 Å². The lowest BCUT2D eigenvalue weighted by atomic mass is 10.2. The van der Waals surface area contributed by atoms with E-state index in [0.717, 1.165) is 48.6 Å². The molecule has 0 aromatic heterocycles. The van der Waals surface area contributed by atoms with Crippen LogP contribution < -0.4 is 33.6 Å². The zero-order valence-corrected chi connectivity index (χ0v) is 26.7. The summed E-state index contributed by atoms with van der Waals surface area (Å²) in [6.07, 6.45) is 8.60. The van der Waals surface area contributed by atoms with Crippen LogP contribution in [0.3, 0.4) is 0 Å². The molecule has 2 aromatic rings. The number of aliphatic imine (C=N–C) groups is 4. The maximum atomic E-state index is 5.97. The molecule has 0 radical (unpaired) electrons. The van der Waals surface area contributed by atoms with Crippen molar-refractivity contribution >= 4 is 58.7 Å². The fourth-order valence-corrected chi connectivity index (χ4v) is 5.57. The number of anilines is 2. The molecule has 0 aliphatic heterocycles. The molecular weight excluding hydrogens is 565 g/mol. The van der Waals surface area contributed by atoms with Crippen molar-refractivity contribution in [3.8, 4) is 0 Å². The molecular formula is C30H48N10S2. The number of guanidine groups is 4. The van der Waals surface area contributed by atoms with Crippen LogP contribution in [0.4, 0.5) is 11.4 Å². The van der Waals surface area contributed by atoms with Gasteiger partial charge < -0.3 is 33.6 Å². The number of nitrogens with zero attached hydrogens (tertiary/aromatic N) is 4. The summed E-state index contributed by atoms with van der Waals surface area (Å²) in [5.74, 6) is 3.00. The van der Waals surface area contributed by atoms with Gasteiger partial charge in [-0.25, -0.2) is 0 Å². The predicted molar refractivity (Wildman–Crippen MR) is 186 cm³/mol. The summed E-state index contributed by atoms with van der Waals surface area (Å²) in [6.45, 7) is 5.57. The van der Waals surface area contributed by atoms with Gasteiger partial charge in [-0.2, -0.15) is 9.98 Å². The minimum Gasteiger partial charge on any atom is -0.369 e. The van der Waals surface area contributed by atoms with Crippen LogP contribution in [0.25, 0.3) is 0 Å². The molecule has 12 heteroatoms. The Balaban J connectivity index is 1.61. The van der Waals surface area contributed by atoms with Gasteiger partial charge in [0.05, 0.1) is 0 Å². The average molecular weight is 613 g/mol. The Hall–Kier alpha value is -3.38. The van der Waals surface area contributed by atoms with Gasteiger partial charge in [-0.1, -0.05) is 39.5 Å². The van der Waals surface area contributed by atoms with Gasteiger partial charge >= 0.3 is 0 Å². The normalized spacial score (nSPS) is 12.9. The maximum absolute atomic E-state index is 5.97. The number of thioether (sulfide) groups is 2. The van der Waals surface area contributed by atoms with Crippen molar-refractivity contribution in [3.05, 3.63) is 48.5 Å². The molecule has 10 nitrogen and oxygen atoms in total. The van der Waals surface area contributed by atoms with Gasteiger partial charge in [-0.05, 0) is 85.7 Å². The largest absolute Gasteiger partial charge is 0.369 e. The van der Waals surface area contributed by atoms with Gasteiger partial charge in [-0.15, -0.1) is 23.5 Å². The molecule has 10 N–H and O–H groups in total. The van der Waals surface area contributed by atoms with Gasteiger partial charge in [0.1, 0.15) is 0 Å². The molecule has 42 heavy (non-hydrogen) atoms. The van der Waals surface area contributed by atoms with Crippen molar-refractivity contribution in [2.24, 2.45) is 42.9 Å². The van der Waals surface area contributed by atoms with E-state index in [0.29, 0.717) is 13.1 Å². The molecule has 0 aliphatic rings. The van der Waals surface area contributed by atoms with E-state index in [2.05, 4.69) is 68.7 Å². The number of rotatable bonds is 17. The number of hydrogen-bond donors (Lipinski definition) is 6. The van der Waals surface area contributed by atoms with Gasteiger partial charge in [0.2, 0.25) is 23.8 Å². The third kappa shape index (κ3) is 16.2. The lowest BCUT2D eigenvalue weighted by Gasteiger charge is -2.07. The number of nitrogens with one attached hydrogen (secondary N) is 2. The molecule has 0 fully saturated rings. The first kappa shape index (κ1) is 34.8. The number of unbranched alkanes of at least 4 members (excludes halogenated alkanes) is 5. The van der Waals surface area contributed by atoms with Crippen molar-refractivity contribution in [1.29, 1.82) is 0 Å². The van der Waals surface area contributed by atoms with Crippen LogP contribution in [-0.4, -0.2) is 48.4 Å². The van der Waals surface area contributed by atoms with Crippen molar-refractivity contribution in [2.45, 2.75) is 75.0 Å². The number of hydrogen-bond acceptors (Lipinski definition) is 4. The van der Waals surface area contributed by atoms with Gasteiger partial charge in [0.25, 0.3) is 0 Å². The highest BCUT2D eigenvalue weighted by Crippen LogP contribution is 2.22. The fraction of sp³-hybridized carbons (Fsp3) is 0.467. The molecule has 2 rings (SSSR count). The monoisotopic (exact) mass is 612 g/mol. The molecule has 0 bridgehead atoms. The summed E-state index contributed by atoms with van der Waals surface area (Å²) in [4.78, 5) is 19.3. The summed E-state index contributed by atoms with van der Waals surface area (Å²) >= 11 is 3.71. The highest BCUT2D eigenvalue weighted by Gasteiger charge is 2.01. The van der Waals surface area contributed by atoms with E-state index in [1.54, 1.807) is 0 Å². The highest BCUT2D eigenvalue weighted by atomic mass is 32.2. The minimum atomic E-state index is 0.162. The maximum Gasteiger partial charge on any atom is 0.218 e. The summed E-state index contributed by atoms with van der Waals surface area (Å²) in [6, 6.07) is 16.2. The Morgan fingerprint density at radius 3 is 1.31 bits per heavy atom. The molecule has 230 valence electrons. The first-order valence-electron chi connectivity index (χ1n) is 14.7. The molecule has 0 amide bonds. The second-order valence-corrected chi connectivity index (χ2v) is 11.9. The molecule has 0 spiro atoms. The second-order valence-electron chi connectivity index (χ2n) is 9.59. The standard InChI is InChI=1S/C30H48N10S2/c1-3-5-21-41-25-15-11-23(12-16-25)37-29(33)39-27(31)35-19-9-7-8-10-20-36-28(32)40-30(34)38-24-13-17-26(18-14-24)42-22-6-4-2/h11-18H,3-10,19-22H2,1-2H3,(H5,31,33,35,37,39)(H5,32,34,36,38,40). The second kappa shape index (κ2) is 21.3. The van der Waals surface area contributed by atoms with Gasteiger partial charge in [0, 0.05) is 34.3 Å². The van der Waals surface area contributed by atoms with Crippen LogP contribution in [0.15, 0.2) is 78.3 Å². The molecule has 0 unspecified atom stereocenters. The Morgan fingerprint density at radius 1 is 0.571 bits per heavy atom. The Bertz CT molecular complexity index is 1050. The van der Waals surface area contributed by atoms with E-state index in [1.165, 1.54) is 35.5 Å². The lowest BCUT2D eigenvalue weighted by Crippen LogP contribution is -2.26. The van der Waals surface area contributed by atoms with Crippen molar-refractivity contribution < 1.29 is 0 Å². The van der Waals surface area contributed by atoms with E-state index in [9.17, 15) is 0 Å². The van der Waals surface area contributed by atoms with E-state index in [1.807, 2.05) is 47.8 Å². The minimum absolute atomic E-state index is 0.162. The first-order valence-corrected chi connectivity index (χ1v) is 16.6. The van der Waals surface area contributed by atoms with E-state index in [-0.39, 0.29) is 23.8 Å². The summed E-state index contributed by atoms with van der Waals surface area (Å²) in [5.41, 5.74) is 25.5. The number of nitrogens with two attached hydrogens (primary N) is 4. The predicted octanol–water partition coefficient (Wildman–Crippen LogP) is 5.81. The van der Waals surface area contributed by atoms with E-state index in [4.69, 9.17) is 22.9 Å². The topological polar surface area (TPSA) is 178 Å². The zero-order chi connectivity index (χ0) is 30.4. The van der Waals surface area contributed by atoms with Crippen LogP contribution in [-0.2, 0) is 0 Å². The lowest BCUT2D eigenvalue weighted by molar-refractivity contribution is 0.653. The van der Waals surface area contributed by atoms with E-state index < -0.39 is 0 Å². The van der Waals surface area contributed by atoms with Crippen LogP contribution >= 0.6 is 23.5 Å². The summed E-state index contributed by atoms with van der Waals surface area (Å²) in [5, 5.41) is 6.10. The summed E-state index contributed by atoms with van der Waals surface area (Å²) < 4.78 is 0. The average Bonchev–Trinajstić information content (AvgIpc) is 2.96. The molecule has 0 saturated carbocycles. The Kier molecular flexibility index (Phi) is 17.7. The van der Waals surface area contributed by atoms with E-state index >= 15 is 0 Å².